The van der Waals surface area contributed by atoms with Crippen molar-refractivity contribution in [2.45, 2.75) is 32.0 Å². The van der Waals surface area contributed by atoms with E-state index in [-0.39, 0.29) is 16.9 Å². The van der Waals surface area contributed by atoms with Crippen molar-refractivity contribution >= 4 is 11.6 Å². The fourth-order valence-corrected chi connectivity index (χ4v) is 3.31. The summed E-state index contributed by atoms with van der Waals surface area (Å²) >= 11 is 5.91. The molecule has 1 aliphatic rings. The highest BCUT2D eigenvalue weighted by atomic mass is 35.5. The Kier molecular flexibility index (Phi) is 6.04. The summed E-state index contributed by atoms with van der Waals surface area (Å²) < 4.78 is 20.0. The highest BCUT2D eigenvalue weighted by Crippen LogP contribution is 2.22. The maximum Gasteiger partial charge on any atom is 0.146 e. The van der Waals surface area contributed by atoms with Gasteiger partial charge in [-0.1, -0.05) is 35.9 Å². The summed E-state index contributed by atoms with van der Waals surface area (Å²) in [6.07, 6.45) is 2.28. The molecule has 0 bridgehead atoms. The molecule has 3 nitrogen and oxygen atoms in total. The van der Waals surface area contributed by atoms with Crippen molar-refractivity contribution in [3.8, 4) is 6.07 Å². The van der Waals surface area contributed by atoms with Gasteiger partial charge in [-0.25, -0.2) is 4.39 Å². The summed E-state index contributed by atoms with van der Waals surface area (Å²) in [5.74, 6) is -0.360. The molecule has 1 fully saturated rings. The largest absolute Gasteiger partial charge is 0.377 e. The van der Waals surface area contributed by atoms with Crippen LogP contribution in [0.4, 0.5) is 4.39 Å². The summed E-state index contributed by atoms with van der Waals surface area (Å²) in [5.41, 5.74) is 2.30. The van der Waals surface area contributed by atoms with Crippen molar-refractivity contribution < 1.29 is 9.13 Å². The Hall–Kier alpha value is -1.93. The number of nitrogens with zero attached hydrogens (tertiary/aromatic N) is 2. The van der Waals surface area contributed by atoms with Gasteiger partial charge in [-0.15, -0.1) is 0 Å². The van der Waals surface area contributed by atoms with E-state index < -0.39 is 0 Å². The predicted octanol–water partition coefficient (Wildman–Crippen LogP) is 4.53. The highest BCUT2D eigenvalue weighted by Gasteiger charge is 2.20. The van der Waals surface area contributed by atoms with Gasteiger partial charge in [0, 0.05) is 31.8 Å². The summed E-state index contributed by atoms with van der Waals surface area (Å²) in [6.45, 7) is 2.66. The third-order valence-corrected chi connectivity index (χ3v) is 4.69. The third-order valence-electron chi connectivity index (χ3n) is 4.40. The molecule has 0 saturated carbocycles. The van der Waals surface area contributed by atoms with Crippen molar-refractivity contribution in [3.63, 3.8) is 0 Å². The van der Waals surface area contributed by atoms with Gasteiger partial charge in [0.2, 0.25) is 0 Å². The van der Waals surface area contributed by atoms with E-state index in [2.05, 4.69) is 11.0 Å². The Labute approximate surface area is 152 Å². The first-order valence-corrected chi connectivity index (χ1v) is 8.79. The van der Waals surface area contributed by atoms with Crippen molar-refractivity contribution in [1.82, 2.24) is 4.90 Å². The molecule has 1 atom stereocenters. The van der Waals surface area contributed by atoms with Crippen LogP contribution in [-0.4, -0.2) is 24.2 Å². The zero-order valence-electron chi connectivity index (χ0n) is 13.9. The van der Waals surface area contributed by atoms with Crippen LogP contribution in [0.2, 0.25) is 5.02 Å². The molecule has 2 aromatic carbocycles. The van der Waals surface area contributed by atoms with Crippen LogP contribution in [0, 0.1) is 17.1 Å². The Morgan fingerprint density at radius 3 is 2.68 bits per heavy atom. The molecule has 1 saturated heterocycles. The number of ether oxygens (including phenoxy) is 1. The van der Waals surface area contributed by atoms with Crippen molar-refractivity contribution in [3.05, 3.63) is 70.0 Å². The molecule has 0 amide bonds. The van der Waals surface area contributed by atoms with Crippen LogP contribution in [-0.2, 0) is 17.8 Å². The number of hydrogen-bond donors (Lipinski definition) is 0. The van der Waals surface area contributed by atoms with Crippen LogP contribution < -0.4 is 0 Å². The normalized spacial score (nSPS) is 17.0. The second-order valence-corrected chi connectivity index (χ2v) is 6.73. The summed E-state index contributed by atoms with van der Waals surface area (Å²) in [7, 11) is 0. The Bertz CT molecular complexity index is 751. The van der Waals surface area contributed by atoms with Gasteiger partial charge in [0.15, 0.2) is 0 Å². The van der Waals surface area contributed by atoms with Gasteiger partial charge in [0.1, 0.15) is 5.82 Å². The van der Waals surface area contributed by atoms with Crippen LogP contribution in [0.5, 0.6) is 0 Å². The van der Waals surface area contributed by atoms with Crippen molar-refractivity contribution in [2.24, 2.45) is 0 Å². The van der Waals surface area contributed by atoms with E-state index in [1.54, 1.807) is 30.3 Å². The zero-order chi connectivity index (χ0) is 17.6. The van der Waals surface area contributed by atoms with Crippen molar-refractivity contribution in [2.75, 3.05) is 13.2 Å². The predicted molar refractivity (Wildman–Crippen MR) is 95.7 cm³/mol. The van der Waals surface area contributed by atoms with Gasteiger partial charge in [-0.2, -0.15) is 5.26 Å². The molecule has 0 N–H and O–H groups in total. The SMILES string of the molecule is N#Cc1ccc(CN(Cc2cccc(Cl)c2F)CC2CCCO2)cc1. The molecular formula is C20H20ClFN2O. The van der Waals surface area contributed by atoms with Crippen LogP contribution in [0.25, 0.3) is 0 Å². The second kappa shape index (κ2) is 8.44. The van der Waals surface area contributed by atoms with E-state index in [0.29, 0.717) is 24.2 Å². The number of benzene rings is 2. The van der Waals surface area contributed by atoms with Gasteiger partial charge in [-0.05, 0) is 36.6 Å². The molecule has 0 aliphatic carbocycles. The summed E-state index contributed by atoms with van der Waals surface area (Å²) in [5, 5.41) is 9.07. The summed E-state index contributed by atoms with van der Waals surface area (Å²) in [6, 6.07) is 14.7. The molecule has 1 heterocycles. The summed E-state index contributed by atoms with van der Waals surface area (Å²) in [4.78, 5) is 2.17. The maximum atomic E-state index is 14.3. The van der Waals surface area contributed by atoms with Gasteiger partial charge in [-0.3, -0.25) is 4.90 Å². The van der Waals surface area contributed by atoms with E-state index >= 15 is 0 Å². The fraction of sp³-hybridized carbons (Fsp3) is 0.350. The minimum Gasteiger partial charge on any atom is -0.377 e. The highest BCUT2D eigenvalue weighted by molar-refractivity contribution is 6.30. The minimum atomic E-state index is -0.360. The molecule has 0 spiro atoms. The number of nitriles is 1. The molecule has 25 heavy (non-hydrogen) atoms. The van der Waals surface area contributed by atoms with Crippen LogP contribution in [0.1, 0.15) is 29.5 Å². The fourth-order valence-electron chi connectivity index (χ4n) is 3.12. The van der Waals surface area contributed by atoms with Crippen LogP contribution >= 0.6 is 11.6 Å². The first-order chi connectivity index (χ1) is 12.2. The van der Waals surface area contributed by atoms with Gasteiger partial charge < -0.3 is 4.74 Å². The van der Waals surface area contributed by atoms with E-state index in [0.717, 1.165) is 31.6 Å². The quantitative estimate of drug-likeness (QED) is 0.761. The van der Waals surface area contributed by atoms with E-state index in [1.165, 1.54) is 0 Å². The minimum absolute atomic E-state index is 0.146. The maximum absolute atomic E-state index is 14.3. The van der Waals surface area contributed by atoms with Gasteiger partial charge >= 0.3 is 0 Å². The Morgan fingerprint density at radius 1 is 1.20 bits per heavy atom. The van der Waals surface area contributed by atoms with Crippen LogP contribution in [0.15, 0.2) is 42.5 Å². The van der Waals surface area contributed by atoms with E-state index in [1.807, 2.05) is 12.1 Å². The molecule has 2 aromatic rings. The molecular weight excluding hydrogens is 339 g/mol. The average Bonchev–Trinajstić information content (AvgIpc) is 3.12. The standard InChI is InChI=1S/C20H20ClFN2O/c21-19-5-1-3-17(20(19)22)13-24(14-18-4-2-10-25-18)12-16-8-6-15(11-23)7-9-16/h1,3,5-9,18H,2,4,10,12-14H2. The van der Waals surface area contributed by atoms with E-state index in [4.69, 9.17) is 21.6 Å². The van der Waals surface area contributed by atoms with Gasteiger partial charge in [0.05, 0.1) is 22.8 Å². The van der Waals surface area contributed by atoms with E-state index in [9.17, 15) is 4.39 Å². The molecule has 0 radical (unpaired) electrons. The molecule has 3 rings (SSSR count). The monoisotopic (exact) mass is 358 g/mol. The number of hydrogen-bond acceptors (Lipinski definition) is 3. The molecule has 1 aliphatic heterocycles. The first-order valence-electron chi connectivity index (χ1n) is 8.41. The lowest BCUT2D eigenvalue weighted by molar-refractivity contribution is 0.0675. The Morgan fingerprint density at radius 2 is 2.00 bits per heavy atom. The first kappa shape index (κ1) is 17.9. The lowest BCUT2D eigenvalue weighted by Gasteiger charge is -2.25. The van der Waals surface area contributed by atoms with Gasteiger partial charge in [0.25, 0.3) is 0 Å². The lowest BCUT2D eigenvalue weighted by Crippen LogP contribution is -2.31. The number of halogens is 2. The smallest absolute Gasteiger partial charge is 0.146 e. The molecule has 1 unspecified atom stereocenters. The molecule has 0 aromatic heterocycles. The van der Waals surface area contributed by atoms with Crippen molar-refractivity contribution in [1.29, 1.82) is 5.26 Å². The lowest BCUT2D eigenvalue weighted by atomic mass is 10.1. The van der Waals surface area contributed by atoms with Crippen LogP contribution in [0.3, 0.4) is 0 Å². The topological polar surface area (TPSA) is 36.3 Å². The zero-order valence-corrected chi connectivity index (χ0v) is 14.7. The second-order valence-electron chi connectivity index (χ2n) is 6.33. The molecule has 5 heteroatoms. The molecule has 130 valence electrons. The number of rotatable bonds is 6. The average molecular weight is 359 g/mol. The third kappa shape index (κ3) is 4.79. The Balaban J connectivity index is 1.76.